The van der Waals surface area contributed by atoms with Crippen molar-refractivity contribution in [3.05, 3.63) is 10.2 Å². The summed E-state index contributed by atoms with van der Waals surface area (Å²) in [6.07, 6.45) is 3.21. The molecule has 1 N–H and O–H groups in total. The minimum Gasteiger partial charge on any atom is -0.310 e. The highest BCUT2D eigenvalue weighted by molar-refractivity contribution is 6.43. The second-order valence-corrected chi connectivity index (χ2v) is 4.30. The number of nitrogens with one attached hydrogen (secondary N) is 1. The number of carbonyl (C=O) groups is 1. The van der Waals surface area contributed by atoms with Crippen molar-refractivity contribution in [2.75, 3.05) is 5.32 Å². The van der Waals surface area contributed by atoms with Crippen LogP contribution in [0, 0.1) is 0 Å². The Balaban J connectivity index is 2.81. The molecule has 0 aliphatic carbocycles. The Labute approximate surface area is 105 Å². The van der Waals surface area contributed by atoms with E-state index in [0.717, 1.165) is 19.3 Å². The minimum atomic E-state index is -0.185. The summed E-state index contributed by atoms with van der Waals surface area (Å²) in [6, 6.07) is 0. The van der Waals surface area contributed by atoms with Gasteiger partial charge in [-0.2, -0.15) is 5.10 Å². The zero-order chi connectivity index (χ0) is 12.1. The molecule has 90 valence electrons. The van der Waals surface area contributed by atoms with Crippen molar-refractivity contribution in [3.8, 4) is 0 Å². The Kier molecular flexibility index (Phi) is 5.09. The average molecular weight is 264 g/mol. The molecule has 0 aromatic carbocycles. The summed E-state index contributed by atoms with van der Waals surface area (Å²) >= 11 is 11.8. The fourth-order valence-electron chi connectivity index (χ4n) is 1.37. The van der Waals surface area contributed by atoms with Gasteiger partial charge in [-0.3, -0.25) is 4.79 Å². The first kappa shape index (κ1) is 13.3. The smallest absolute Gasteiger partial charge is 0.222 e. The van der Waals surface area contributed by atoms with Crippen LogP contribution in [0.15, 0.2) is 0 Å². The minimum absolute atomic E-state index is 0.185. The molecule has 0 unspecified atom stereocenters. The van der Waals surface area contributed by atoms with Gasteiger partial charge in [0.15, 0.2) is 11.0 Å². The van der Waals surface area contributed by atoms with E-state index in [2.05, 4.69) is 17.3 Å². The van der Waals surface area contributed by atoms with Crippen molar-refractivity contribution in [1.29, 1.82) is 0 Å². The third-order valence-electron chi connectivity index (χ3n) is 2.12. The van der Waals surface area contributed by atoms with E-state index in [0.29, 0.717) is 17.4 Å². The molecular formula is C10H15Cl2N3O. The number of unbranched alkanes of at least 4 members (excludes halogenated alkanes) is 2. The Hall–Kier alpha value is -0.740. The van der Waals surface area contributed by atoms with Gasteiger partial charge in [0.25, 0.3) is 0 Å². The summed E-state index contributed by atoms with van der Waals surface area (Å²) in [5.41, 5.74) is 0. The molecule has 1 amide bonds. The lowest BCUT2D eigenvalue weighted by Crippen LogP contribution is -2.12. The van der Waals surface area contributed by atoms with Gasteiger partial charge in [0.05, 0.1) is 0 Å². The summed E-state index contributed by atoms with van der Waals surface area (Å²) in [7, 11) is 0. The molecule has 0 atom stereocenters. The van der Waals surface area contributed by atoms with E-state index in [-0.39, 0.29) is 11.1 Å². The van der Waals surface area contributed by atoms with Gasteiger partial charge in [-0.1, -0.05) is 43.0 Å². The van der Waals surface area contributed by atoms with Crippen LogP contribution in [0.1, 0.15) is 33.1 Å². The van der Waals surface area contributed by atoms with Crippen LogP contribution < -0.4 is 5.32 Å². The maximum absolute atomic E-state index is 11.0. The summed E-state index contributed by atoms with van der Waals surface area (Å²) in [5, 5.41) is 7.23. The zero-order valence-corrected chi connectivity index (χ0v) is 10.9. The third kappa shape index (κ3) is 3.39. The number of carbonyl (C=O) groups excluding carboxylic acids is 1. The predicted molar refractivity (Wildman–Crippen MR) is 66.1 cm³/mol. The fourth-order valence-corrected chi connectivity index (χ4v) is 1.73. The Morgan fingerprint density at radius 2 is 2.12 bits per heavy atom. The van der Waals surface area contributed by atoms with Crippen molar-refractivity contribution in [1.82, 2.24) is 9.78 Å². The molecule has 0 saturated heterocycles. The second kappa shape index (κ2) is 6.11. The molecule has 1 aromatic heterocycles. The number of halogens is 2. The Bertz CT molecular complexity index is 376. The number of hydrogen-bond acceptors (Lipinski definition) is 2. The summed E-state index contributed by atoms with van der Waals surface area (Å²) in [5.74, 6) is 0.297. The highest BCUT2D eigenvalue weighted by Gasteiger charge is 2.15. The average Bonchev–Trinajstić information content (AvgIpc) is 2.46. The van der Waals surface area contributed by atoms with Crippen molar-refractivity contribution < 1.29 is 4.79 Å². The van der Waals surface area contributed by atoms with Gasteiger partial charge in [0.2, 0.25) is 5.91 Å². The molecule has 1 aromatic rings. The van der Waals surface area contributed by atoms with E-state index in [9.17, 15) is 4.79 Å². The van der Waals surface area contributed by atoms with Crippen LogP contribution in [0.25, 0.3) is 0 Å². The largest absolute Gasteiger partial charge is 0.310 e. The molecule has 0 saturated carbocycles. The number of amides is 1. The van der Waals surface area contributed by atoms with Crippen LogP contribution >= 0.6 is 23.2 Å². The topological polar surface area (TPSA) is 46.9 Å². The highest BCUT2D eigenvalue weighted by Crippen LogP contribution is 2.29. The Morgan fingerprint density at radius 3 is 2.69 bits per heavy atom. The molecule has 1 rings (SSSR count). The van der Waals surface area contributed by atoms with E-state index >= 15 is 0 Å². The summed E-state index contributed by atoms with van der Waals surface area (Å²) < 4.78 is 1.64. The SMILES string of the molecule is CCCCCn1nc(Cl)c(Cl)c1NC(C)=O. The van der Waals surface area contributed by atoms with Gasteiger partial charge in [-0.05, 0) is 6.42 Å². The van der Waals surface area contributed by atoms with E-state index in [1.54, 1.807) is 4.68 Å². The molecule has 0 fully saturated rings. The van der Waals surface area contributed by atoms with Gasteiger partial charge in [0.1, 0.15) is 5.02 Å². The predicted octanol–water partition coefficient (Wildman–Crippen LogP) is 3.34. The first-order valence-electron chi connectivity index (χ1n) is 5.25. The lowest BCUT2D eigenvalue weighted by Gasteiger charge is -2.07. The van der Waals surface area contributed by atoms with Crippen molar-refractivity contribution >= 4 is 34.9 Å². The number of nitrogens with zero attached hydrogens (tertiary/aromatic N) is 2. The van der Waals surface area contributed by atoms with Gasteiger partial charge >= 0.3 is 0 Å². The van der Waals surface area contributed by atoms with Crippen molar-refractivity contribution in [3.63, 3.8) is 0 Å². The van der Waals surface area contributed by atoms with E-state index in [4.69, 9.17) is 23.2 Å². The number of rotatable bonds is 5. The van der Waals surface area contributed by atoms with Gasteiger partial charge in [-0.25, -0.2) is 4.68 Å². The monoisotopic (exact) mass is 263 g/mol. The lowest BCUT2D eigenvalue weighted by atomic mass is 10.2. The maximum Gasteiger partial charge on any atom is 0.222 e. The standard InChI is InChI=1S/C10H15Cl2N3O/c1-3-4-5-6-15-10(13-7(2)16)8(11)9(12)14-15/h3-6H2,1-2H3,(H,13,16). The molecular weight excluding hydrogens is 249 g/mol. The second-order valence-electron chi connectivity index (χ2n) is 3.56. The van der Waals surface area contributed by atoms with Crippen LogP contribution in [0.4, 0.5) is 5.82 Å². The zero-order valence-electron chi connectivity index (χ0n) is 9.39. The van der Waals surface area contributed by atoms with Crippen LogP contribution in [0.5, 0.6) is 0 Å². The molecule has 0 spiro atoms. The van der Waals surface area contributed by atoms with Crippen molar-refractivity contribution in [2.45, 2.75) is 39.7 Å². The molecule has 0 aliphatic heterocycles. The normalized spacial score (nSPS) is 10.5. The van der Waals surface area contributed by atoms with E-state index in [1.165, 1.54) is 6.92 Å². The van der Waals surface area contributed by atoms with Crippen LogP contribution in [0.3, 0.4) is 0 Å². The number of anilines is 1. The molecule has 16 heavy (non-hydrogen) atoms. The maximum atomic E-state index is 11.0. The molecule has 1 heterocycles. The van der Waals surface area contributed by atoms with Crippen LogP contribution in [0.2, 0.25) is 10.2 Å². The number of hydrogen-bond donors (Lipinski definition) is 1. The molecule has 0 aliphatic rings. The van der Waals surface area contributed by atoms with Crippen LogP contribution in [-0.2, 0) is 11.3 Å². The summed E-state index contributed by atoms with van der Waals surface area (Å²) in [6.45, 7) is 4.25. The fraction of sp³-hybridized carbons (Fsp3) is 0.600. The summed E-state index contributed by atoms with van der Waals surface area (Å²) in [4.78, 5) is 11.0. The van der Waals surface area contributed by atoms with Gasteiger partial charge in [0, 0.05) is 13.5 Å². The van der Waals surface area contributed by atoms with E-state index in [1.807, 2.05) is 0 Å². The lowest BCUT2D eigenvalue weighted by molar-refractivity contribution is -0.114. The highest BCUT2D eigenvalue weighted by atomic mass is 35.5. The molecule has 6 heteroatoms. The first-order valence-corrected chi connectivity index (χ1v) is 6.01. The van der Waals surface area contributed by atoms with E-state index < -0.39 is 0 Å². The van der Waals surface area contributed by atoms with Gasteiger partial charge in [-0.15, -0.1) is 0 Å². The molecule has 4 nitrogen and oxygen atoms in total. The number of aromatic nitrogens is 2. The van der Waals surface area contributed by atoms with Crippen LogP contribution in [-0.4, -0.2) is 15.7 Å². The first-order chi connectivity index (χ1) is 7.56. The molecule has 0 radical (unpaired) electrons. The number of aryl methyl sites for hydroxylation is 1. The quantitative estimate of drug-likeness (QED) is 0.829. The third-order valence-corrected chi connectivity index (χ3v) is 2.84. The molecule has 0 bridgehead atoms. The Morgan fingerprint density at radius 1 is 1.44 bits per heavy atom. The van der Waals surface area contributed by atoms with Crippen molar-refractivity contribution in [2.24, 2.45) is 0 Å². The van der Waals surface area contributed by atoms with Gasteiger partial charge < -0.3 is 5.32 Å².